The summed E-state index contributed by atoms with van der Waals surface area (Å²) < 4.78 is 0. The molecule has 0 saturated carbocycles. The van der Waals surface area contributed by atoms with Gasteiger partial charge in [0.2, 0.25) is 0 Å². The van der Waals surface area contributed by atoms with Gasteiger partial charge in [-0.2, -0.15) is 0 Å². The number of hydrogen-bond acceptors (Lipinski definition) is 5. The largest absolute Gasteiger partial charge is 0.394 e. The maximum absolute atomic E-state index is 7.94. The Hall–Kier alpha value is -0.200. The molecule has 64 valence electrons. The van der Waals surface area contributed by atoms with Gasteiger partial charge in [0.15, 0.2) is 0 Å². The zero-order valence-corrected chi connectivity index (χ0v) is 5.86. The minimum Gasteiger partial charge on any atom is -0.394 e. The number of hydrogen-bond donors (Lipinski definition) is 5. The first-order valence-electron chi connectivity index (χ1n) is 2.86. The molecule has 0 aliphatic heterocycles. The summed E-state index contributed by atoms with van der Waals surface area (Å²) in [6.45, 7) is 1.21. The van der Waals surface area contributed by atoms with Crippen molar-refractivity contribution in [1.29, 1.82) is 0 Å². The van der Waals surface area contributed by atoms with Crippen LogP contribution in [0.2, 0.25) is 0 Å². The number of aliphatic hydroxyl groups is 5. The van der Waals surface area contributed by atoms with Crippen molar-refractivity contribution in [3.8, 4) is 0 Å². The standard InChI is InChI=1S/C3H8O3.C2H6O2/c1-2-3(4,5)6;3-1-2-4/h4-6H,2H2,1H3;3-4H,1-2H2. The van der Waals surface area contributed by atoms with Gasteiger partial charge in [-0.3, -0.25) is 0 Å². The van der Waals surface area contributed by atoms with Crippen molar-refractivity contribution in [3.63, 3.8) is 0 Å². The average molecular weight is 154 g/mol. The van der Waals surface area contributed by atoms with Crippen LogP contribution in [0.3, 0.4) is 0 Å². The van der Waals surface area contributed by atoms with Crippen LogP contribution in [0.5, 0.6) is 0 Å². The zero-order chi connectivity index (χ0) is 8.62. The van der Waals surface area contributed by atoms with E-state index in [4.69, 9.17) is 25.5 Å². The first-order valence-corrected chi connectivity index (χ1v) is 2.86. The second-order valence-corrected chi connectivity index (χ2v) is 1.58. The monoisotopic (exact) mass is 154 g/mol. The van der Waals surface area contributed by atoms with Crippen LogP contribution in [0.15, 0.2) is 0 Å². The van der Waals surface area contributed by atoms with E-state index < -0.39 is 5.97 Å². The maximum Gasteiger partial charge on any atom is 0.274 e. The Morgan fingerprint density at radius 3 is 1.20 bits per heavy atom. The Morgan fingerprint density at radius 1 is 1.00 bits per heavy atom. The Bertz CT molecular complexity index is 55.5. The van der Waals surface area contributed by atoms with Crippen LogP contribution >= 0.6 is 0 Å². The van der Waals surface area contributed by atoms with Crippen molar-refractivity contribution in [1.82, 2.24) is 0 Å². The van der Waals surface area contributed by atoms with Crippen LogP contribution in [-0.2, 0) is 0 Å². The van der Waals surface area contributed by atoms with E-state index >= 15 is 0 Å². The molecule has 0 atom stereocenters. The Morgan fingerprint density at radius 2 is 1.20 bits per heavy atom. The van der Waals surface area contributed by atoms with Gasteiger partial charge >= 0.3 is 0 Å². The van der Waals surface area contributed by atoms with E-state index in [1.165, 1.54) is 6.92 Å². The van der Waals surface area contributed by atoms with Crippen LogP contribution in [0.25, 0.3) is 0 Å². The zero-order valence-electron chi connectivity index (χ0n) is 5.86. The topological polar surface area (TPSA) is 101 Å². The third-order valence-electron chi connectivity index (χ3n) is 0.574. The van der Waals surface area contributed by atoms with Crippen molar-refractivity contribution in [3.05, 3.63) is 0 Å². The highest BCUT2D eigenvalue weighted by atomic mass is 16.7. The van der Waals surface area contributed by atoms with E-state index in [1.54, 1.807) is 0 Å². The summed E-state index contributed by atoms with van der Waals surface area (Å²) >= 11 is 0. The molecule has 5 heteroatoms. The molecule has 0 aliphatic carbocycles. The van der Waals surface area contributed by atoms with Crippen LogP contribution in [0, 0.1) is 0 Å². The molecule has 0 spiro atoms. The summed E-state index contributed by atoms with van der Waals surface area (Å²) in [5, 5.41) is 39.1. The Balaban J connectivity index is 0. The lowest BCUT2D eigenvalue weighted by Gasteiger charge is -2.08. The van der Waals surface area contributed by atoms with E-state index in [0.29, 0.717) is 0 Å². The van der Waals surface area contributed by atoms with Gasteiger partial charge in [-0.05, 0) is 0 Å². The predicted octanol–water partition coefficient (Wildman–Crippen LogP) is -2.00. The summed E-state index contributed by atoms with van der Waals surface area (Å²) in [7, 11) is 0. The molecular weight excluding hydrogens is 140 g/mol. The Kier molecular flexibility index (Phi) is 8.62. The third-order valence-corrected chi connectivity index (χ3v) is 0.574. The molecule has 0 heterocycles. The summed E-state index contributed by atoms with van der Waals surface area (Å²) in [5.74, 6) is -2.46. The van der Waals surface area contributed by atoms with Crippen molar-refractivity contribution in [2.75, 3.05) is 13.2 Å². The van der Waals surface area contributed by atoms with Crippen molar-refractivity contribution in [2.24, 2.45) is 0 Å². The SMILES string of the molecule is CCC(O)(O)O.OCCO. The first-order chi connectivity index (χ1) is 4.47. The highest BCUT2D eigenvalue weighted by Gasteiger charge is 2.11. The highest BCUT2D eigenvalue weighted by Crippen LogP contribution is 1.95. The van der Waals surface area contributed by atoms with Gasteiger partial charge in [0, 0.05) is 6.42 Å². The first kappa shape index (κ1) is 12.5. The van der Waals surface area contributed by atoms with Crippen molar-refractivity contribution >= 4 is 0 Å². The van der Waals surface area contributed by atoms with E-state index in [2.05, 4.69) is 0 Å². The molecule has 0 fully saturated rings. The van der Waals surface area contributed by atoms with Gasteiger partial charge in [-0.1, -0.05) is 6.92 Å². The van der Waals surface area contributed by atoms with Gasteiger partial charge in [0.1, 0.15) is 0 Å². The summed E-state index contributed by atoms with van der Waals surface area (Å²) in [4.78, 5) is 0. The maximum atomic E-state index is 7.94. The minimum absolute atomic E-state index is 0.0625. The molecule has 0 aromatic heterocycles. The second kappa shape index (κ2) is 6.91. The molecule has 10 heavy (non-hydrogen) atoms. The van der Waals surface area contributed by atoms with E-state index in [9.17, 15) is 0 Å². The lowest BCUT2D eigenvalue weighted by atomic mass is 10.4. The fourth-order valence-electron chi connectivity index (χ4n) is 0. The molecule has 0 aromatic rings. The number of aliphatic hydroxyl groups excluding tert-OH is 2. The molecule has 0 amide bonds. The lowest BCUT2D eigenvalue weighted by molar-refractivity contribution is -0.312. The summed E-state index contributed by atoms with van der Waals surface area (Å²) in [6, 6.07) is 0. The van der Waals surface area contributed by atoms with Gasteiger partial charge in [0.25, 0.3) is 5.97 Å². The van der Waals surface area contributed by atoms with Gasteiger partial charge in [-0.25, -0.2) is 0 Å². The lowest BCUT2D eigenvalue weighted by Crippen LogP contribution is -2.24. The smallest absolute Gasteiger partial charge is 0.274 e. The minimum atomic E-state index is -2.46. The summed E-state index contributed by atoms with van der Waals surface area (Å²) in [6.07, 6.45) is -0.0625. The molecule has 0 rings (SSSR count). The van der Waals surface area contributed by atoms with Crippen molar-refractivity contribution in [2.45, 2.75) is 19.3 Å². The summed E-state index contributed by atoms with van der Waals surface area (Å²) in [5.41, 5.74) is 0. The number of rotatable bonds is 2. The van der Waals surface area contributed by atoms with Crippen LogP contribution in [0.1, 0.15) is 13.3 Å². The van der Waals surface area contributed by atoms with E-state index in [-0.39, 0.29) is 19.6 Å². The van der Waals surface area contributed by atoms with Gasteiger partial charge in [-0.15, -0.1) is 0 Å². The second-order valence-electron chi connectivity index (χ2n) is 1.58. The quantitative estimate of drug-likeness (QED) is 0.296. The van der Waals surface area contributed by atoms with Crippen molar-refractivity contribution < 1.29 is 25.5 Å². The molecular formula is C5H14O5. The average Bonchev–Trinajstić information content (AvgIpc) is 1.87. The van der Waals surface area contributed by atoms with Gasteiger partial charge in [0.05, 0.1) is 13.2 Å². The third kappa shape index (κ3) is 25.0. The molecule has 0 radical (unpaired) electrons. The normalized spacial score (nSPS) is 10.2. The predicted molar refractivity (Wildman–Crippen MR) is 33.8 cm³/mol. The van der Waals surface area contributed by atoms with Crippen LogP contribution in [0.4, 0.5) is 0 Å². The van der Waals surface area contributed by atoms with E-state index in [1.807, 2.05) is 0 Å². The highest BCUT2D eigenvalue weighted by molar-refractivity contribution is 4.35. The van der Waals surface area contributed by atoms with Crippen LogP contribution < -0.4 is 0 Å². The molecule has 0 bridgehead atoms. The molecule has 0 unspecified atom stereocenters. The van der Waals surface area contributed by atoms with Gasteiger partial charge < -0.3 is 25.5 Å². The molecule has 0 saturated heterocycles. The Labute approximate surface area is 59.2 Å². The fourth-order valence-corrected chi connectivity index (χ4v) is 0. The molecule has 0 aromatic carbocycles. The van der Waals surface area contributed by atoms with Crippen LogP contribution in [-0.4, -0.2) is 44.7 Å². The molecule has 5 N–H and O–H groups in total. The molecule has 0 aliphatic rings. The fraction of sp³-hybridized carbons (Fsp3) is 1.00. The molecule has 5 nitrogen and oxygen atoms in total. The van der Waals surface area contributed by atoms with E-state index in [0.717, 1.165) is 0 Å².